The van der Waals surface area contributed by atoms with Gasteiger partial charge in [-0.25, -0.2) is 13.1 Å². The molecule has 3 aromatic rings. The molecule has 0 saturated heterocycles. The Labute approximate surface area is 166 Å². The summed E-state index contributed by atoms with van der Waals surface area (Å²) >= 11 is 0. The number of hydrogen-bond donors (Lipinski definition) is 2. The Morgan fingerprint density at radius 2 is 1.71 bits per heavy atom. The SMILES string of the molecule is CCCOc1ccc(S(=O)(=O)NCCC(O)c2cccc3ccccc23)cc1. The monoisotopic (exact) mass is 399 g/mol. The van der Waals surface area contributed by atoms with Crippen molar-refractivity contribution in [2.24, 2.45) is 0 Å². The number of sulfonamides is 1. The summed E-state index contributed by atoms with van der Waals surface area (Å²) < 4.78 is 32.9. The lowest BCUT2D eigenvalue weighted by Gasteiger charge is -2.14. The third-order valence-corrected chi connectivity index (χ3v) is 5.98. The minimum Gasteiger partial charge on any atom is -0.494 e. The van der Waals surface area contributed by atoms with Crippen molar-refractivity contribution in [3.8, 4) is 5.75 Å². The van der Waals surface area contributed by atoms with Crippen LogP contribution in [-0.2, 0) is 10.0 Å². The highest BCUT2D eigenvalue weighted by molar-refractivity contribution is 7.89. The third-order valence-electron chi connectivity index (χ3n) is 4.50. The number of aliphatic hydroxyl groups is 1. The van der Waals surface area contributed by atoms with Crippen LogP contribution in [0.25, 0.3) is 10.8 Å². The molecule has 2 N–H and O–H groups in total. The first-order valence-electron chi connectivity index (χ1n) is 9.39. The van der Waals surface area contributed by atoms with Crippen molar-refractivity contribution >= 4 is 20.8 Å². The Balaban J connectivity index is 1.61. The van der Waals surface area contributed by atoms with Crippen LogP contribution in [-0.4, -0.2) is 26.7 Å². The van der Waals surface area contributed by atoms with Gasteiger partial charge in [0.2, 0.25) is 10.0 Å². The number of benzene rings is 3. The molecule has 3 aromatic carbocycles. The van der Waals surface area contributed by atoms with Gasteiger partial charge in [-0.1, -0.05) is 49.4 Å². The van der Waals surface area contributed by atoms with E-state index in [0.29, 0.717) is 12.4 Å². The van der Waals surface area contributed by atoms with Gasteiger partial charge in [-0.15, -0.1) is 0 Å². The van der Waals surface area contributed by atoms with Crippen LogP contribution in [0.2, 0.25) is 0 Å². The highest BCUT2D eigenvalue weighted by Crippen LogP contribution is 2.26. The van der Waals surface area contributed by atoms with Gasteiger partial charge in [0.25, 0.3) is 0 Å². The van der Waals surface area contributed by atoms with Gasteiger partial charge in [-0.3, -0.25) is 0 Å². The molecule has 0 heterocycles. The fraction of sp³-hybridized carbons (Fsp3) is 0.273. The summed E-state index contributed by atoms with van der Waals surface area (Å²) in [6.45, 7) is 2.74. The molecule has 0 aliphatic rings. The van der Waals surface area contributed by atoms with Crippen molar-refractivity contribution in [2.75, 3.05) is 13.2 Å². The normalized spacial score (nSPS) is 12.8. The second kappa shape index (κ2) is 9.19. The van der Waals surface area contributed by atoms with E-state index in [9.17, 15) is 13.5 Å². The van der Waals surface area contributed by atoms with Gasteiger partial charge in [0.05, 0.1) is 17.6 Å². The van der Waals surface area contributed by atoms with E-state index in [-0.39, 0.29) is 17.9 Å². The molecular formula is C22H25NO4S. The largest absolute Gasteiger partial charge is 0.494 e. The summed E-state index contributed by atoms with van der Waals surface area (Å²) in [7, 11) is -3.63. The Morgan fingerprint density at radius 1 is 1.00 bits per heavy atom. The van der Waals surface area contributed by atoms with Crippen LogP contribution in [0, 0.1) is 0 Å². The van der Waals surface area contributed by atoms with Crippen molar-refractivity contribution in [3.05, 3.63) is 72.3 Å². The van der Waals surface area contributed by atoms with Gasteiger partial charge in [0, 0.05) is 6.54 Å². The molecule has 1 unspecified atom stereocenters. The number of hydrogen-bond acceptors (Lipinski definition) is 4. The molecular weight excluding hydrogens is 374 g/mol. The van der Waals surface area contributed by atoms with E-state index in [2.05, 4.69) is 4.72 Å². The Kier molecular flexibility index (Phi) is 6.67. The quantitative estimate of drug-likeness (QED) is 0.570. The standard InChI is InChI=1S/C22H25NO4S/c1-2-16-27-18-10-12-19(13-11-18)28(25,26)23-15-14-22(24)21-9-5-7-17-6-3-4-8-20(17)21/h3-13,22-24H,2,14-16H2,1H3. The summed E-state index contributed by atoms with van der Waals surface area (Å²) in [5.74, 6) is 0.646. The number of nitrogens with one attached hydrogen (secondary N) is 1. The molecule has 0 aliphatic carbocycles. The molecule has 0 aliphatic heterocycles. The Hall–Kier alpha value is -2.41. The summed E-state index contributed by atoms with van der Waals surface area (Å²) in [6, 6.07) is 19.9. The fourth-order valence-corrected chi connectivity index (χ4v) is 4.09. The van der Waals surface area contributed by atoms with E-state index in [0.717, 1.165) is 22.8 Å². The molecule has 0 bridgehead atoms. The van der Waals surface area contributed by atoms with Crippen molar-refractivity contribution in [1.82, 2.24) is 4.72 Å². The average molecular weight is 400 g/mol. The maximum Gasteiger partial charge on any atom is 0.240 e. The van der Waals surface area contributed by atoms with Gasteiger partial charge in [-0.2, -0.15) is 0 Å². The van der Waals surface area contributed by atoms with E-state index < -0.39 is 16.1 Å². The van der Waals surface area contributed by atoms with Gasteiger partial charge in [-0.05, 0) is 53.4 Å². The number of aliphatic hydroxyl groups excluding tert-OH is 1. The number of ether oxygens (including phenoxy) is 1. The van der Waals surface area contributed by atoms with Crippen molar-refractivity contribution < 1.29 is 18.3 Å². The minimum atomic E-state index is -3.63. The van der Waals surface area contributed by atoms with Crippen molar-refractivity contribution in [1.29, 1.82) is 0 Å². The highest BCUT2D eigenvalue weighted by Gasteiger charge is 2.16. The molecule has 1 atom stereocenters. The van der Waals surface area contributed by atoms with E-state index in [1.165, 1.54) is 12.1 Å². The molecule has 0 amide bonds. The first kappa shape index (κ1) is 20.3. The lowest BCUT2D eigenvalue weighted by molar-refractivity contribution is 0.170. The summed E-state index contributed by atoms with van der Waals surface area (Å²) in [5.41, 5.74) is 0.801. The van der Waals surface area contributed by atoms with E-state index in [1.54, 1.807) is 12.1 Å². The molecule has 0 fully saturated rings. The van der Waals surface area contributed by atoms with Crippen LogP contribution in [0.5, 0.6) is 5.75 Å². The first-order chi connectivity index (χ1) is 13.5. The van der Waals surface area contributed by atoms with Crippen LogP contribution >= 0.6 is 0 Å². The lowest BCUT2D eigenvalue weighted by Crippen LogP contribution is -2.26. The first-order valence-corrected chi connectivity index (χ1v) is 10.9. The van der Waals surface area contributed by atoms with Crippen LogP contribution < -0.4 is 9.46 Å². The second-order valence-electron chi connectivity index (χ2n) is 6.59. The van der Waals surface area contributed by atoms with Crippen LogP contribution in [0.4, 0.5) is 0 Å². The van der Waals surface area contributed by atoms with Gasteiger partial charge >= 0.3 is 0 Å². The molecule has 148 valence electrons. The van der Waals surface area contributed by atoms with E-state index >= 15 is 0 Å². The fourth-order valence-electron chi connectivity index (χ4n) is 3.04. The Morgan fingerprint density at radius 3 is 2.46 bits per heavy atom. The second-order valence-corrected chi connectivity index (χ2v) is 8.36. The van der Waals surface area contributed by atoms with Crippen LogP contribution in [0.1, 0.15) is 31.4 Å². The zero-order valence-electron chi connectivity index (χ0n) is 15.8. The number of fused-ring (bicyclic) bond motifs is 1. The minimum absolute atomic E-state index is 0.140. The predicted molar refractivity (Wildman–Crippen MR) is 111 cm³/mol. The maximum atomic E-state index is 12.5. The van der Waals surface area contributed by atoms with Crippen LogP contribution in [0.3, 0.4) is 0 Å². The van der Waals surface area contributed by atoms with Gasteiger partial charge in [0.15, 0.2) is 0 Å². The summed E-state index contributed by atoms with van der Waals surface area (Å²) in [5, 5.41) is 12.6. The van der Waals surface area contributed by atoms with Crippen molar-refractivity contribution in [2.45, 2.75) is 30.8 Å². The van der Waals surface area contributed by atoms with Gasteiger partial charge < -0.3 is 9.84 Å². The van der Waals surface area contributed by atoms with Crippen molar-refractivity contribution in [3.63, 3.8) is 0 Å². The molecule has 0 spiro atoms. The average Bonchev–Trinajstić information content (AvgIpc) is 2.72. The molecule has 28 heavy (non-hydrogen) atoms. The Bertz CT molecular complexity index is 1010. The van der Waals surface area contributed by atoms with E-state index in [1.807, 2.05) is 49.4 Å². The molecule has 0 aromatic heterocycles. The molecule has 0 radical (unpaired) electrons. The smallest absolute Gasteiger partial charge is 0.240 e. The lowest BCUT2D eigenvalue weighted by atomic mass is 9.99. The zero-order chi connectivity index (χ0) is 20.0. The zero-order valence-corrected chi connectivity index (χ0v) is 16.7. The third kappa shape index (κ3) is 4.90. The van der Waals surface area contributed by atoms with Crippen LogP contribution in [0.15, 0.2) is 71.6 Å². The van der Waals surface area contributed by atoms with E-state index in [4.69, 9.17) is 4.74 Å². The van der Waals surface area contributed by atoms with Gasteiger partial charge in [0.1, 0.15) is 5.75 Å². The number of rotatable bonds is 9. The molecule has 6 heteroatoms. The summed E-state index contributed by atoms with van der Waals surface area (Å²) in [4.78, 5) is 0.177. The maximum absolute atomic E-state index is 12.5. The molecule has 3 rings (SSSR count). The highest BCUT2D eigenvalue weighted by atomic mass is 32.2. The predicted octanol–water partition coefficient (Wildman–Crippen LogP) is 4.03. The summed E-state index contributed by atoms with van der Waals surface area (Å²) in [6.07, 6.45) is 0.421. The molecule has 5 nitrogen and oxygen atoms in total. The topological polar surface area (TPSA) is 75.6 Å². The molecule has 0 saturated carbocycles.